The number of amides is 1. The zero-order chi connectivity index (χ0) is 19.5. The van der Waals surface area contributed by atoms with Gasteiger partial charge in [0.05, 0.1) is 30.0 Å². The van der Waals surface area contributed by atoms with Gasteiger partial charge in [-0.3, -0.25) is 4.79 Å². The summed E-state index contributed by atoms with van der Waals surface area (Å²) in [5.74, 6) is 0.996. The summed E-state index contributed by atoms with van der Waals surface area (Å²) in [6.07, 6.45) is 0.203. The number of ether oxygens (including phenoxy) is 1. The lowest BCUT2D eigenvalue weighted by Gasteiger charge is -2.07. The van der Waals surface area contributed by atoms with E-state index in [1.54, 1.807) is 35.1 Å². The SMILES string of the molecule is COc1ccc(CC(=O)NCc2nnc3ccc(-c4cccs4)nn23)cc1Cl. The minimum atomic E-state index is -0.146. The average molecular weight is 414 g/mol. The molecule has 0 bridgehead atoms. The van der Waals surface area contributed by atoms with E-state index in [4.69, 9.17) is 16.3 Å². The molecule has 0 aliphatic heterocycles. The molecule has 0 spiro atoms. The standard InChI is InChI=1S/C19H16ClN5O2S/c1-27-15-6-4-12(9-13(15)20)10-19(26)21-11-18-23-22-17-7-5-14(24-25(17)18)16-3-2-8-28-16/h2-9H,10-11H2,1H3,(H,21,26). The number of thiophene rings is 1. The van der Waals surface area contributed by atoms with Gasteiger partial charge in [0.25, 0.3) is 0 Å². The molecule has 0 saturated carbocycles. The number of aromatic nitrogens is 4. The number of halogens is 1. The molecule has 4 aromatic rings. The number of nitrogens with one attached hydrogen (secondary N) is 1. The second-order valence-corrected chi connectivity index (χ2v) is 7.36. The number of rotatable bonds is 6. The summed E-state index contributed by atoms with van der Waals surface area (Å²) in [5, 5.41) is 18.2. The van der Waals surface area contributed by atoms with E-state index in [9.17, 15) is 4.79 Å². The van der Waals surface area contributed by atoms with E-state index in [1.165, 1.54) is 0 Å². The summed E-state index contributed by atoms with van der Waals surface area (Å²) in [5.41, 5.74) is 2.27. The predicted octanol–water partition coefficient (Wildman–Crippen LogP) is 3.37. The third-order valence-corrected chi connectivity index (χ3v) is 5.31. The normalized spacial score (nSPS) is 10.9. The fourth-order valence-electron chi connectivity index (χ4n) is 2.74. The smallest absolute Gasteiger partial charge is 0.224 e. The molecule has 0 fully saturated rings. The number of hydrogen-bond acceptors (Lipinski definition) is 6. The Labute approximate surface area is 169 Å². The Kier molecular flexibility index (Phi) is 5.23. The fourth-order valence-corrected chi connectivity index (χ4v) is 3.72. The number of benzene rings is 1. The van der Waals surface area contributed by atoms with Gasteiger partial charge in [-0.05, 0) is 41.3 Å². The first kappa shape index (κ1) is 18.4. The van der Waals surface area contributed by atoms with Crippen LogP contribution in [0.25, 0.3) is 16.2 Å². The van der Waals surface area contributed by atoms with Crippen LogP contribution in [-0.2, 0) is 17.8 Å². The monoisotopic (exact) mass is 413 g/mol. The molecule has 0 aliphatic rings. The van der Waals surface area contributed by atoms with Crippen molar-refractivity contribution in [2.45, 2.75) is 13.0 Å². The first-order valence-corrected chi connectivity index (χ1v) is 9.74. The van der Waals surface area contributed by atoms with Gasteiger partial charge in [0, 0.05) is 0 Å². The van der Waals surface area contributed by atoms with Gasteiger partial charge in [-0.2, -0.15) is 9.61 Å². The Morgan fingerprint density at radius 2 is 2.14 bits per heavy atom. The second kappa shape index (κ2) is 7.95. The van der Waals surface area contributed by atoms with Crippen LogP contribution in [0.5, 0.6) is 5.75 Å². The van der Waals surface area contributed by atoms with Gasteiger partial charge >= 0.3 is 0 Å². The van der Waals surface area contributed by atoms with Gasteiger partial charge < -0.3 is 10.1 Å². The van der Waals surface area contributed by atoms with Crippen molar-refractivity contribution in [2.75, 3.05) is 7.11 Å². The highest BCUT2D eigenvalue weighted by molar-refractivity contribution is 7.13. The Morgan fingerprint density at radius 1 is 1.25 bits per heavy atom. The van der Waals surface area contributed by atoms with Crippen molar-refractivity contribution < 1.29 is 9.53 Å². The minimum Gasteiger partial charge on any atom is -0.495 e. The molecule has 7 nitrogen and oxygen atoms in total. The Balaban J connectivity index is 1.45. The highest BCUT2D eigenvalue weighted by Gasteiger charge is 2.12. The molecule has 3 heterocycles. The van der Waals surface area contributed by atoms with E-state index in [0.717, 1.165) is 16.1 Å². The molecular formula is C19H16ClN5O2S. The van der Waals surface area contributed by atoms with Crippen molar-refractivity contribution in [1.82, 2.24) is 25.1 Å². The third kappa shape index (κ3) is 3.83. The van der Waals surface area contributed by atoms with Crippen LogP contribution < -0.4 is 10.1 Å². The van der Waals surface area contributed by atoms with E-state index in [-0.39, 0.29) is 18.9 Å². The minimum absolute atomic E-state index is 0.146. The van der Waals surface area contributed by atoms with Crippen LogP contribution in [0.4, 0.5) is 0 Å². The van der Waals surface area contributed by atoms with Gasteiger partial charge in [0.2, 0.25) is 5.91 Å². The number of carbonyl (C=O) groups excluding carboxylic acids is 1. The second-order valence-electron chi connectivity index (χ2n) is 6.00. The molecule has 1 aromatic carbocycles. The molecule has 28 heavy (non-hydrogen) atoms. The van der Waals surface area contributed by atoms with E-state index in [1.807, 2.05) is 35.7 Å². The Bertz CT molecular complexity index is 1130. The van der Waals surface area contributed by atoms with Gasteiger partial charge in [-0.1, -0.05) is 23.7 Å². The number of carbonyl (C=O) groups is 1. The van der Waals surface area contributed by atoms with Crippen molar-refractivity contribution in [3.8, 4) is 16.3 Å². The predicted molar refractivity (Wildman–Crippen MR) is 108 cm³/mol. The number of hydrogen-bond donors (Lipinski definition) is 1. The summed E-state index contributed by atoms with van der Waals surface area (Å²) in [4.78, 5) is 13.4. The van der Waals surface area contributed by atoms with E-state index < -0.39 is 0 Å². The van der Waals surface area contributed by atoms with Crippen LogP contribution in [0.15, 0.2) is 47.8 Å². The van der Waals surface area contributed by atoms with Crippen molar-refractivity contribution in [3.63, 3.8) is 0 Å². The highest BCUT2D eigenvalue weighted by atomic mass is 35.5. The van der Waals surface area contributed by atoms with Gasteiger partial charge in [0.15, 0.2) is 11.5 Å². The summed E-state index contributed by atoms with van der Waals surface area (Å²) in [6.45, 7) is 0.227. The van der Waals surface area contributed by atoms with Crippen molar-refractivity contribution >= 4 is 34.5 Å². The van der Waals surface area contributed by atoms with Crippen molar-refractivity contribution in [2.24, 2.45) is 0 Å². The molecular weight excluding hydrogens is 398 g/mol. The average Bonchev–Trinajstić information content (AvgIpc) is 3.36. The van der Waals surface area contributed by atoms with E-state index >= 15 is 0 Å². The molecule has 1 N–H and O–H groups in total. The Hall–Kier alpha value is -2.97. The lowest BCUT2D eigenvalue weighted by molar-refractivity contribution is -0.120. The quantitative estimate of drug-likeness (QED) is 0.524. The van der Waals surface area contributed by atoms with E-state index in [0.29, 0.717) is 22.2 Å². The highest BCUT2D eigenvalue weighted by Crippen LogP contribution is 2.25. The maximum Gasteiger partial charge on any atom is 0.224 e. The first-order chi connectivity index (χ1) is 13.6. The Morgan fingerprint density at radius 3 is 2.89 bits per heavy atom. The van der Waals surface area contributed by atoms with Crippen LogP contribution in [-0.4, -0.2) is 32.8 Å². The maximum absolute atomic E-state index is 12.3. The summed E-state index contributed by atoms with van der Waals surface area (Å²) in [7, 11) is 1.55. The molecule has 0 atom stereocenters. The van der Waals surface area contributed by atoms with Crippen LogP contribution >= 0.6 is 22.9 Å². The summed E-state index contributed by atoms with van der Waals surface area (Å²) < 4.78 is 6.77. The van der Waals surface area contributed by atoms with Gasteiger partial charge in [-0.15, -0.1) is 21.5 Å². The summed E-state index contributed by atoms with van der Waals surface area (Å²) >= 11 is 7.72. The molecule has 0 radical (unpaired) electrons. The summed E-state index contributed by atoms with van der Waals surface area (Å²) in [6, 6.07) is 13.0. The number of methoxy groups -OCH3 is 1. The van der Waals surface area contributed by atoms with Crippen LogP contribution in [0.3, 0.4) is 0 Å². The van der Waals surface area contributed by atoms with Gasteiger partial charge in [-0.25, -0.2) is 0 Å². The topological polar surface area (TPSA) is 81.4 Å². The molecule has 0 aliphatic carbocycles. The fraction of sp³-hybridized carbons (Fsp3) is 0.158. The van der Waals surface area contributed by atoms with Crippen LogP contribution in [0.2, 0.25) is 5.02 Å². The largest absolute Gasteiger partial charge is 0.495 e. The zero-order valence-corrected chi connectivity index (χ0v) is 16.5. The first-order valence-electron chi connectivity index (χ1n) is 8.48. The molecule has 3 aromatic heterocycles. The molecule has 0 unspecified atom stereocenters. The van der Waals surface area contributed by atoms with Crippen LogP contribution in [0, 0.1) is 0 Å². The molecule has 0 saturated heterocycles. The van der Waals surface area contributed by atoms with Crippen LogP contribution in [0.1, 0.15) is 11.4 Å². The molecule has 142 valence electrons. The number of fused-ring (bicyclic) bond motifs is 1. The lowest BCUT2D eigenvalue weighted by Crippen LogP contribution is -2.25. The maximum atomic E-state index is 12.3. The lowest BCUT2D eigenvalue weighted by atomic mass is 10.1. The van der Waals surface area contributed by atoms with E-state index in [2.05, 4.69) is 20.6 Å². The third-order valence-electron chi connectivity index (χ3n) is 4.13. The molecule has 4 rings (SSSR count). The van der Waals surface area contributed by atoms with Crippen molar-refractivity contribution in [1.29, 1.82) is 0 Å². The van der Waals surface area contributed by atoms with Gasteiger partial charge in [0.1, 0.15) is 11.4 Å². The number of nitrogens with zero attached hydrogens (tertiary/aromatic N) is 4. The molecule has 9 heteroatoms. The molecule has 1 amide bonds. The van der Waals surface area contributed by atoms with Crippen molar-refractivity contribution in [3.05, 3.63) is 64.3 Å². The zero-order valence-electron chi connectivity index (χ0n) is 14.9.